The molecule has 0 aliphatic rings. The van der Waals surface area contributed by atoms with Crippen molar-refractivity contribution in [3.05, 3.63) is 84.5 Å². The molecule has 0 bridgehead atoms. The van der Waals surface area contributed by atoms with Crippen molar-refractivity contribution in [3.8, 4) is 11.8 Å². The molecular weight excluding hydrogens is 300 g/mol. The first kappa shape index (κ1) is 15.4. The SMILES string of the molecule is N#CC(C(=O)C=Cc1cnn(-c2ccccc2)c1)c1ccccn1. The van der Waals surface area contributed by atoms with Crippen LogP contribution in [0, 0.1) is 11.3 Å². The third kappa shape index (κ3) is 3.45. The van der Waals surface area contributed by atoms with Gasteiger partial charge in [-0.05, 0) is 36.4 Å². The average Bonchev–Trinajstić information content (AvgIpc) is 3.11. The highest BCUT2D eigenvalue weighted by Gasteiger charge is 2.18. The van der Waals surface area contributed by atoms with Gasteiger partial charge in [0.15, 0.2) is 11.7 Å². The van der Waals surface area contributed by atoms with Gasteiger partial charge in [0.25, 0.3) is 0 Å². The molecule has 0 radical (unpaired) electrons. The van der Waals surface area contributed by atoms with Crippen molar-refractivity contribution >= 4 is 11.9 Å². The number of carbonyl (C=O) groups excluding carboxylic acids is 1. The summed E-state index contributed by atoms with van der Waals surface area (Å²) in [6.07, 6.45) is 8.11. The van der Waals surface area contributed by atoms with Crippen molar-refractivity contribution in [1.82, 2.24) is 14.8 Å². The third-order valence-electron chi connectivity index (χ3n) is 3.46. The van der Waals surface area contributed by atoms with Crippen molar-refractivity contribution in [2.24, 2.45) is 0 Å². The van der Waals surface area contributed by atoms with Gasteiger partial charge < -0.3 is 0 Å². The minimum Gasteiger partial charge on any atom is -0.293 e. The quantitative estimate of drug-likeness (QED) is 0.678. The molecule has 0 amide bonds. The number of hydrogen-bond donors (Lipinski definition) is 0. The standard InChI is InChI=1S/C19H14N4O/c20-12-17(18-8-4-5-11-21-18)19(24)10-9-15-13-22-23(14-15)16-6-2-1-3-7-16/h1-11,13-14,17H. The average molecular weight is 314 g/mol. The molecule has 0 N–H and O–H groups in total. The lowest BCUT2D eigenvalue weighted by Gasteiger charge is -2.03. The maximum atomic E-state index is 12.2. The van der Waals surface area contributed by atoms with Gasteiger partial charge in [-0.3, -0.25) is 9.78 Å². The second-order valence-electron chi connectivity index (χ2n) is 5.11. The molecule has 2 heterocycles. The summed E-state index contributed by atoms with van der Waals surface area (Å²) in [5.41, 5.74) is 2.17. The molecule has 0 fully saturated rings. The highest BCUT2D eigenvalue weighted by Crippen LogP contribution is 2.15. The molecule has 5 nitrogen and oxygen atoms in total. The molecule has 2 aromatic heterocycles. The number of para-hydroxylation sites is 1. The molecule has 0 saturated carbocycles. The highest BCUT2D eigenvalue weighted by molar-refractivity contribution is 6.00. The van der Waals surface area contributed by atoms with Crippen LogP contribution in [0.5, 0.6) is 0 Å². The van der Waals surface area contributed by atoms with Gasteiger partial charge in [-0.2, -0.15) is 10.4 Å². The predicted molar refractivity (Wildman–Crippen MR) is 90.2 cm³/mol. The number of aromatic nitrogens is 3. The Kier molecular flexibility index (Phi) is 4.59. The van der Waals surface area contributed by atoms with Crippen LogP contribution in [0.2, 0.25) is 0 Å². The van der Waals surface area contributed by atoms with Crippen LogP contribution in [-0.4, -0.2) is 20.5 Å². The lowest BCUT2D eigenvalue weighted by molar-refractivity contribution is -0.114. The summed E-state index contributed by atoms with van der Waals surface area (Å²) in [5, 5.41) is 13.5. The number of carbonyl (C=O) groups is 1. The van der Waals surface area contributed by atoms with Crippen LogP contribution < -0.4 is 0 Å². The number of allylic oxidation sites excluding steroid dienone is 1. The first-order valence-electron chi connectivity index (χ1n) is 7.40. The van der Waals surface area contributed by atoms with E-state index in [0.717, 1.165) is 11.3 Å². The first-order valence-corrected chi connectivity index (χ1v) is 7.40. The van der Waals surface area contributed by atoms with E-state index < -0.39 is 5.92 Å². The van der Waals surface area contributed by atoms with E-state index in [1.807, 2.05) is 42.6 Å². The maximum Gasteiger partial charge on any atom is 0.178 e. The number of nitrogens with zero attached hydrogens (tertiary/aromatic N) is 4. The van der Waals surface area contributed by atoms with Crippen LogP contribution >= 0.6 is 0 Å². The van der Waals surface area contributed by atoms with Crippen molar-refractivity contribution < 1.29 is 4.79 Å². The van der Waals surface area contributed by atoms with E-state index in [4.69, 9.17) is 0 Å². The number of rotatable bonds is 5. The number of benzene rings is 1. The van der Waals surface area contributed by atoms with E-state index in [9.17, 15) is 10.1 Å². The van der Waals surface area contributed by atoms with E-state index in [1.165, 1.54) is 6.08 Å². The molecule has 24 heavy (non-hydrogen) atoms. The molecule has 0 spiro atoms. The molecule has 116 valence electrons. The number of pyridine rings is 1. The molecule has 1 unspecified atom stereocenters. The Balaban J connectivity index is 1.75. The van der Waals surface area contributed by atoms with E-state index >= 15 is 0 Å². The van der Waals surface area contributed by atoms with Gasteiger partial charge in [-0.1, -0.05) is 24.3 Å². The summed E-state index contributed by atoms with van der Waals surface area (Å²) in [5.74, 6) is -1.20. The largest absolute Gasteiger partial charge is 0.293 e. The Hall–Kier alpha value is -3.52. The molecule has 0 saturated heterocycles. The van der Waals surface area contributed by atoms with Crippen LogP contribution in [0.4, 0.5) is 0 Å². The fourth-order valence-electron chi connectivity index (χ4n) is 2.24. The molecule has 0 aliphatic heterocycles. The number of hydrogen-bond acceptors (Lipinski definition) is 4. The molecule has 1 aromatic carbocycles. The van der Waals surface area contributed by atoms with Gasteiger partial charge in [-0.15, -0.1) is 0 Å². The van der Waals surface area contributed by atoms with Gasteiger partial charge in [0.05, 0.1) is 23.6 Å². The zero-order valence-corrected chi connectivity index (χ0v) is 12.8. The highest BCUT2D eigenvalue weighted by atomic mass is 16.1. The molecule has 5 heteroatoms. The van der Waals surface area contributed by atoms with Crippen LogP contribution in [0.15, 0.2) is 73.2 Å². The van der Waals surface area contributed by atoms with E-state index in [2.05, 4.69) is 10.1 Å². The van der Waals surface area contributed by atoms with Gasteiger partial charge in [0.2, 0.25) is 0 Å². The molecule has 1 atom stereocenters. The van der Waals surface area contributed by atoms with Gasteiger partial charge in [0.1, 0.15) is 0 Å². The van der Waals surface area contributed by atoms with Gasteiger partial charge in [-0.25, -0.2) is 4.68 Å². The summed E-state index contributed by atoms with van der Waals surface area (Å²) >= 11 is 0. The second-order valence-corrected chi connectivity index (χ2v) is 5.11. The Bertz CT molecular complexity index is 892. The van der Waals surface area contributed by atoms with Gasteiger partial charge >= 0.3 is 0 Å². The summed E-state index contributed by atoms with van der Waals surface area (Å²) < 4.78 is 1.73. The second kappa shape index (κ2) is 7.16. The fourth-order valence-corrected chi connectivity index (χ4v) is 2.24. The monoisotopic (exact) mass is 314 g/mol. The zero-order chi connectivity index (χ0) is 16.8. The topological polar surface area (TPSA) is 71.6 Å². The summed E-state index contributed by atoms with van der Waals surface area (Å²) in [7, 11) is 0. The van der Waals surface area contributed by atoms with E-state index in [0.29, 0.717) is 5.69 Å². The summed E-state index contributed by atoms with van der Waals surface area (Å²) in [4.78, 5) is 16.3. The van der Waals surface area contributed by atoms with E-state index in [-0.39, 0.29) is 5.78 Å². The lowest BCUT2D eigenvalue weighted by atomic mass is 10.0. The third-order valence-corrected chi connectivity index (χ3v) is 3.46. The normalized spacial score (nSPS) is 12.0. The number of nitriles is 1. The Morgan fingerprint density at radius 1 is 1.17 bits per heavy atom. The summed E-state index contributed by atoms with van der Waals surface area (Å²) in [6.45, 7) is 0. The summed E-state index contributed by atoms with van der Waals surface area (Å²) in [6, 6.07) is 16.9. The Morgan fingerprint density at radius 2 is 1.96 bits per heavy atom. The molecule has 3 aromatic rings. The minimum atomic E-state index is -0.897. The van der Waals surface area contributed by atoms with Crippen LogP contribution in [0.3, 0.4) is 0 Å². The van der Waals surface area contributed by atoms with Crippen molar-refractivity contribution in [2.75, 3.05) is 0 Å². The van der Waals surface area contributed by atoms with Crippen molar-refractivity contribution in [2.45, 2.75) is 5.92 Å². The lowest BCUT2D eigenvalue weighted by Crippen LogP contribution is -2.09. The zero-order valence-electron chi connectivity index (χ0n) is 12.8. The van der Waals surface area contributed by atoms with Crippen LogP contribution in [0.1, 0.15) is 17.2 Å². The van der Waals surface area contributed by atoms with Crippen LogP contribution in [0.25, 0.3) is 11.8 Å². The Morgan fingerprint density at radius 3 is 2.67 bits per heavy atom. The van der Waals surface area contributed by atoms with Gasteiger partial charge in [0, 0.05) is 18.0 Å². The predicted octanol–water partition coefficient (Wildman–Crippen LogP) is 3.16. The van der Waals surface area contributed by atoms with Crippen LogP contribution in [-0.2, 0) is 4.79 Å². The molecule has 0 aliphatic carbocycles. The first-order chi connectivity index (χ1) is 11.8. The number of ketones is 1. The van der Waals surface area contributed by atoms with E-state index in [1.54, 1.807) is 41.4 Å². The minimum absolute atomic E-state index is 0.302. The smallest absolute Gasteiger partial charge is 0.178 e. The van der Waals surface area contributed by atoms with Crippen molar-refractivity contribution in [1.29, 1.82) is 5.26 Å². The molecular formula is C19H14N4O. The molecule has 3 rings (SSSR count). The van der Waals surface area contributed by atoms with Crippen molar-refractivity contribution in [3.63, 3.8) is 0 Å². The Labute approximate surface area is 139 Å². The maximum absolute atomic E-state index is 12.2. The fraction of sp³-hybridized carbons (Fsp3) is 0.0526.